The smallest absolute Gasteiger partial charge is 0.433 e. The Labute approximate surface area is 169 Å². The van der Waals surface area contributed by atoms with Gasteiger partial charge in [-0.2, -0.15) is 18.2 Å². The van der Waals surface area contributed by atoms with Gasteiger partial charge >= 0.3 is 6.18 Å². The first-order valence-corrected chi connectivity index (χ1v) is 9.19. The second-order valence-electron chi connectivity index (χ2n) is 7.13. The summed E-state index contributed by atoms with van der Waals surface area (Å²) in [5, 5.41) is 10.5. The SMILES string of the molecule is NC(=O)CCC1(O)CCN(c2nc(Oc3cccc(F)c3)cc(C(F)(F)F)n2)CC1. The van der Waals surface area contributed by atoms with E-state index in [1.165, 1.54) is 23.1 Å². The van der Waals surface area contributed by atoms with E-state index in [0.717, 1.165) is 6.07 Å². The Kier molecular flexibility index (Phi) is 6.11. The van der Waals surface area contributed by atoms with Crippen molar-refractivity contribution < 1.29 is 32.2 Å². The van der Waals surface area contributed by atoms with Gasteiger partial charge in [-0.1, -0.05) is 6.07 Å². The average molecular weight is 428 g/mol. The predicted octanol–water partition coefficient (Wildman–Crippen LogP) is 3.02. The summed E-state index contributed by atoms with van der Waals surface area (Å²) in [6.45, 7) is 0.353. The van der Waals surface area contributed by atoms with Crippen LogP contribution in [0.5, 0.6) is 11.6 Å². The zero-order valence-corrected chi connectivity index (χ0v) is 15.8. The summed E-state index contributed by atoms with van der Waals surface area (Å²) >= 11 is 0. The van der Waals surface area contributed by atoms with E-state index in [9.17, 15) is 27.5 Å². The van der Waals surface area contributed by atoms with Crippen LogP contribution in [0.25, 0.3) is 0 Å². The standard InChI is InChI=1S/C19H20F4N4O3/c20-12-2-1-3-13(10-12)30-16-11-14(19(21,22)23)25-17(26-16)27-8-6-18(29,7-9-27)5-4-15(24)28/h1-3,10-11,29H,4-9H2,(H2,24,28). The van der Waals surface area contributed by atoms with Crippen molar-refractivity contribution in [2.75, 3.05) is 18.0 Å². The lowest BCUT2D eigenvalue weighted by atomic mass is 9.87. The molecule has 0 atom stereocenters. The van der Waals surface area contributed by atoms with E-state index in [4.69, 9.17) is 10.5 Å². The Bertz CT molecular complexity index is 915. The number of halogens is 4. The summed E-state index contributed by atoms with van der Waals surface area (Å²) in [4.78, 5) is 20.1. The second-order valence-corrected chi connectivity index (χ2v) is 7.13. The van der Waals surface area contributed by atoms with Crippen molar-refractivity contribution in [2.45, 2.75) is 37.5 Å². The van der Waals surface area contributed by atoms with E-state index in [1.54, 1.807) is 0 Å². The lowest BCUT2D eigenvalue weighted by Gasteiger charge is -2.38. The van der Waals surface area contributed by atoms with Gasteiger partial charge in [0.1, 0.15) is 11.6 Å². The number of aliphatic hydroxyl groups is 1. The van der Waals surface area contributed by atoms with Gasteiger partial charge in [-0.15, -0.1) is 0 Å². The molecule has 0 bridgehead atoms. The number of piperidine rings is 1. The van der Waals surface area contributed by atoms with Crippen molar-refractivity contribution in [3.63, 3.8) is 0 Å². The van der Waals surface area contributed by atoms with Gasteiger partial charge < -0.3 is 20.5 Å². The largest absolute Gasteiger partial charge is 0.439 e. The van der Waals surface area contributed by atoms with Gasteiger partial charge in [-0.3, -0.25) is 4.79 Å². The van der Waals surface area contributed by atoms with Gasteiger partial charge in [-0.25, -0.2) is 9.37 Å². The fourth-order valence-electron chi connectivity index (χ4n) is 3.13. The molecule has 0 saturated carbocycles. The molecule has 1 amide bonds. The fourth-order valence-corrected chi connectivity index (χ4v) is 3.13. The molecule has 0 unspecified atom stereocenters. The molecule has 1 saturated heterocycles. The van der Waals surface area contributed by atoms with E-state index in [0.29, 0.717) is 6.07 Å². The lowest BCUT2D eigenvalue weighted by molar-refractivity contribution is -0.141. The summed E-state index contributed by atoms with van der Waals surface area (Å²) in [7, 11) is 0. The number of rotatable bonds is 6. The number of benzene rings is 1. The molecule has 2 heterocycles. The average Bonchev–Trinajstić information content (AvgIpc) is 2.66. The minimum Gasteiger partial charge on any atom is -0.439 e. The Balaban J connectivity index is 1.81. The van der Waals surface area contributed by atoms with E-state index in [2.05, 4.69) is 9.97 Å². The fraction of sp³-hybridized carbons (Fsp3) is 0.421. The highest BCUT2D eigenvalue weighted by molar-refractivity contribution is 5.73. The van der Waals surface area contributed by atoms with E-state index >= 15 is 0 Å². The number of primary amides is 1. The Hall–Kier alpha value is -2.95. The molecule has 1 aromatic carbocycles. The number of aromatic nitrogens is 2. The van der Waals surface area contributed by atoms with Gasteiger partial charge in [0.05, 0.1) is 5.60 Å². The van der Waals surface area contributed by atoms with Crippen LogP contribution in [0.4, 0.5) is 23.5 Å². The zero-order valence-electron chi connectivity index (χ0n) is 15.8. The van der Waals surface area contributed by atoms with Crippen LogP contribution in [0.15, 0.2) is 30.3 Å². The number of amides is 1. The monoisotopic (exact) mass is 428 g/mol. The molecular weight excluding hydrogens is 408 g/mol. The van der Waals surface area contributed by atoms with Crippen LogP contribution in [-0.2, 0) is 11.0 Å². The number of carbonyl (C=O) groups is 1. The summed E-state index contributed by atoms with van der Waals surface area (Å²) in [5.41, 5.74) is 2.78. The maximum absolute atomic E-state index is 13.3. The maximum atomic E-state index is 13.3. The first-order valence-electron chi connectivity index (χ1n) is 9.19. The molecular formula is C19H20F4N4O3. The molecule has 1 aromatic heterocycles. The number of hydrogen-bond acceptors (Lipinski definition) is 6. The number of carbonyl (C=O) groups excluding carboxylic acids is 1. The maximum Gasteiger partial charge on any atom is 0.433 e. The first kappa shape index (κ1) is 21.8. The summed E-state index contributed by atoms with van der Waals surface area (Å²) in [5.74, 6) is -1.75. The molecule has 7 nitrogen and oxygen atoms in total. The van der Waals surface area contributed by atoms with Crippen LogP contribution in [-0.4, -0.2) is 39.7 Å². The second kappa shape index (κ2) is 8.42. The van der Waals surface area contributed by atoms with Crippen molar-refractivity contribution in [3.05, 3.63) is 41.8 Å². The normalized spacial score (nSPS) is 16.4. The first-order chi connectivity index (χ1) is 14.0. The summed E-state index contributed by atoms with van der Waals surface area (Å²) in [6.07, 6.45) is -4.13. The predicted molar refractivity (Wildman–Crippen MR) is 98.3 cm³/mol. The van der Waals surface area contributed by atoms with Crippen LogP contribution in [0.3, 0.4) is 0 Å². The Morgan fingerprint density at radius 3 is 2.53 bits per heavy atom. The van der Waals surface area contributed by atoms with Gasteiger partial charge in [0, 0.05) is 31.6 Å². The third-order valence-electron chi connectivity index (χ3n) is 4.81. The summed E-state index contributed by atoms with van der Waals surface area (Å²) in [6, 6.07) is 5.58. The van der Waals surface area contributed by atoms with Gasteiger partial charge in [0.2, 0.25) is 17.7 Å². The molecule has 1 aliphatic rings. The molecule has 1 fully saturated rings. The van der Waals surface area contributed by atoms with Crippen LogP contribution < -0.4 is 15.4 Å². The van der Waals surface area contributed by atoms with E-state index in [-0.39, 0.29) is 56.4 Å². The van der Waals surface area contributed by atoms with Crippen molar-refractivity contribution in [3.8, 4) is 11.6 Å². The van der Waals surface area contributed by atoms with Gasteiger partial charge in [0.25, 0.3) is 0 Å². The third kappa shape index (κ3) is 5.56. The number of hydrogen-bond donors (Lipinski definition) is 2. The number of ether oxygens (including phenoxy) is 1. The topological polar surface area (TPSA) is 102 Å². The van der Waals surface area contributed by atoms with Crippen LogP contribution in [0.2, 0.25) is 0 Å². The van der Waals surface area contributed by atoms with Crippen LogP contribution in [0, 0.1) is 5.82 Å². The van der Waals surface area contributed by atoms with Gasteiger partial charge in [-0.05, 0) is 31.4 Å². The molecule has 3 N–H and O–H groups in total. The molecule has 11 heteroatoms. The zero-order chi connectivity index (χ0) is 21.9. The van der Waals surface area contributed by atoms with Crippen molar-refractivity contribution >= 4 is 11.9 Å². The quantitative estimate of drug-likeness (QED) is 0.686. The van der Waals surface area contributed by atoms with Crippen LogP contribution in [0.1, 0.15) is 31.4 Å². The highest BCUT2D eigenvalue weighted by Crippen LogP contribution is 2.34. The number of nitrogens with zero attached hydrogens (tertiary/aromatic N) is 3. The van der Waals surface area contributed by atoms with Crippen LogP contribution >= 0.6 is 0 Å². The number of nitrogens with two attached hydrogens (primary N) is 1. The minimum absolute atomic E-state index is 0.00718. The molecule has 0 spiro atoms. The van der Waals surface area contributed by atoms with E-state index in [1.807, 2.05) is 0 Å². The molecule has 1 aliphatic heterocycles. The molecule has 3 rings (SSSR count). The van der Waals surface area contributed by atoms with Gasteiger partial charge in [0.15, 0.2) is 5.69 Å². The minimum atomic E-state index is -4.74. The molecule has 30 heavy (non-hydrogen) atoms. The highest BCUT2D eigenvalue weighted by atomic mass is 19.4. The van der Waals surface area contributed by atoms with Crippen molar-refractivity contribution in [1.82, 2.24) is 9.97 Å². The summed E-state index contributed by atoms with van der Waals surface area (Å²) < 4.78 is 58.6. The van der Waals surface area contributed by atoms with Crippen molar-refractivity contribution in [2.24, 2.45) is 5.73 Å². The number of anilines is 1. The van der Waals surface area contributed by atoms with Crippen molar-refractivity contribution in [1.29, 1.82) is 0 Å². The Morgan fingerprint density at radius 2 is 1.93 bits per heavy atom. The Morgan fingerprint density at radius 1 is 1.23 bits per heavy atom. The lowest BCUT2D eigenvalue weighted by Crippen LogP contribution is -2.45. The molecule has 0 radical (unpaired) electrons. The third-order valence-corrected chi connectivity index (χ3v) is 4.81. The highest BCUT2D eigenvalue weighted by Gasteiger charge is 2.37. The van der Waals surface area contributed by atoms with E-state index < -0.39 is 29.2 Å². The molecule has 0 aliphatic carbocycles. The number of alkyl halides is 3. The molecule has 2 aromatic rings. The molecule has 162 valence electrons.